The maximum atomic E-state index is 14.1. The van der Waals surface area contributed by atoms with Crippen molar-refractivity contribution in [1.82, 2.24) is 14.5 Å². The molecule has 2 bridgehead atoms. The average molecular weight is 968 g/mol. The largest absolute Gasteiger partial charge is 0.501 e. The number of thioether (sulfide) groups is 1. The van der Waals surface area contributed by atoms with E-state index in [1.165, 1.54) is 35.0 Å². The predicted molar refractivity (Wildman–Crippen MR) is 243 cm³/mol. The van der Waals surface area contributed by atoms with E-state index in [1.807, 2.05) is 40.0 Å². The van der Waals surface area contributed by atoms with Crippen LogP contribution < -0.4 is 14.9 Å². The summed E-state index contributed by atoms with van der Waals surface area (Å²) in [6.45, 7) is 8.89. The molecule has 0 radical (unpaired) electrons. The number of carbonyl (C=O) groups is 1. The van der Waals surface area contributed by atoms with Crippen molar-refractivity contribution in [3.05, 3.63) is 89.5 Å². The Morgan fingerprint density at radius 3 is 2.20 bits per heavy atom. The average Bonchev–Trinajstić information content (AvgIpc) is 3.21. The van der Waals surface area contributed by atoms with Crippen molar-refractivity contribution in [1.29, 1.82) is 0 Å². The van der Waals surface area contributed by atoms with Crippen LogP contribution in [0, 0.1) is 16.2 Å². The molecule has 3 aromatic carbocycles. The van der Waals surface area contributed by atoms with Crippen molar-refractivity contribution < 1.29 is 48.7 Å². The highest BCUT2D eigenvalue weighted by Crippen LogP contribution is 2.79. The summed E-state index contributed by atoms with van der Waals surface area (Å²) in [6.07, 6.45) is 2.86. The highest BCUT2D eigenvalue weighted by atomic mass is 32.2. The number of benzene rings is 3. The summed E-state index contributed by atoms with van der Waals surface area (Å²) >= 11 is 1.39. The number of amides is 1. The molecule has 1 unspecified atom stereocenters. The van der Waals surface area contributed by atoms with E-state index in [-0.39, 0.29) is 23.0 Å². The first kappa shape index (κ1) is 49.2. The standard InChI is InChI=1S/C46H58F5N5O6S3/c1-43(2)17-15-33(38(26-43)44-29-45(30-44,31-44)42(47)48)27-55-19-21-56(22-20-55)35-11-9-32(10-12-35)41(58)53-65(61,62)37-13-14-39(40(25-37)64(59,60)46(49,50)51)52-34(16-18-54(3)23-24-57)28-63-36-7-5-4-6-8-36/h4-14,25,34,42,52,57H,15-24,26-31H2,1-3H3,(H,53,58). The van der Waals surface area contributed by atoms with E-state index in [4.69, 9.17) is 0 Å². The van der Waals surface area contributed by atoms with Crippen molar-refractivity contribution in [2.24, 2.45) is 16.2 Å². The van der Waals surface area contributed by atoms with Gasteiger partial charge in [-0.1, -0.05) is 43.2 Å². The van der Waals surface area contributed by atoms with Gasteiger partial charge in [0.1, 0.15) is 4.90 Å². The molecule has 3 saturated carbocycles. The molecule has 3 aromatic rings. The molecule has 4 fully saturated rings. The van der Waals surface area contributed by atoms with Gasteiger partial charge in [-0.3, -0.25) is 9.69 Å². The van der Waals surface area contributed by atoms with Crippen LogP contribution in [0.15, 0.2) is 98.6 Å². The number of likely N-dealkylation sites (N-methyl/N-ethyl adjacent to an activating group) is 1. The lowest BCUT2D eigenvalue weighted by Gasteiger charge is -2.72. The van der Waals surface area contributed by atoms with Gasteiger partial charge in [0.05, 0.1) is 17.2 Å². The maximum absolute atomic E-state index is 14.1. The summed E-state index contributed by atoms with van der Waals surface area (Å²) in [5.74, 6) is -0.752. The summed E-state index contributed by atoms with van der Waals surface area (Å²) in [4.78, 5) is 18.4. The highest BCUT2D eigenvalue weighted by molar-refractivity contribution is 7.99. The van der Waals surface area contributed by atoms with Crippen LogP contribution >= 0.6 is 11.8 Å². The zero-order valence-electron chi connectivity index (χ0n) is 36.8. The van der Waals surface area contributed by atoms with Crippen LogP contribution in [0.5, 0.6) is 0 Å². The summed E-state index contributed by atoms with van der Waals surface area (Å²) in [7, 11) is -9.21. The molecule has 8 rings (SSSR count). The second kappa shape index (κ2) is 19.1. The molecule has 19 heteroatoms. The lowest BCUT2D eigenvalue weighted by atomic mass is 9.32. The van der Waals surface area contributed by atoms with Crippen LogP contribution in [-0.4, -0.2) is 121 Å². The van der Waals surface area contributed by atoms with Crippen LogP contribution in [0.3, 0.4) is 0 Å². The second-order valence-electron chi connectivity index (χ2n) is 19.0. The molecule has 4 aliphatic carbocycles. The second-order valence-corrected chi connectivity index (χ2v) is 23.7. The number of alkyl halides is 5. The molecule has 5 aliphatic rings. The third kappa shape index (κ3) is 10.9. The molecule has 65 heavy (non-hydrogen) atoms. The Morgan fingerprint density at radius 2 is 1.58 bits per heavy atom. The molecule has 11 nitrogen and oxygen atoms in total. The van der Waals surface area contributed by atoms with E-state index in [1.54, 1.807) is 19.2 Å². The minimum atomic E-state index is -6.09. The predicted octanol–water partition coefficient (Wildman–Crippen LogP) is 8.05. The van der Waals surface area contributed by atoms with Crippen molar-refractivity contribution in [3.63, 3.8) is 0 Å². The van der Waals surface area contributed by atoms with E-state index in [9.17, 15) is 48.7 Å². The number of carbonyl (C=O) groups excluding carboxylic acids is 1. The molecular formula is C46H58F5N5O6S3. The lowest BCUT2D eigenvalue weighted by molar-refractivity contribution is -0.250. The van der Waals surface area contributed by atoms with Crippen molar-refractivity contribution in [2.75, 3.05) is 75.4 Å². The van der Waals surface area contributed by atoms with E-state index < -0.39 is 64.6 Å². The van der Waals surface area contributed by atoms with Gasteiger partial charge in [0, 0.05) is 72.6 Å². The molecule has 0 spiro atoms. The number of hydrogen-bond acceptors (Lipinski definition) is 11. The van der Waals surface area contributed by atoms with Gasteiger partial charge in [-0.25, -0.2) is 30.3 Å². The first-order valence-corrected chi connectivity index (χ1v) is 25.8. The van der Waals surface area contributed by atoms with Gasteiger partial charge < -0.3 is 20.2 Å². The SMILES string of the molecule is CN(CCO)CCC(CSc1ccccc1)Nc1ccc(S(=O)(=O)NC(=O)c2ccc(N3CCN(CC4=C(C56CC(C(F)F)(C5)C6)CC(C)(C)CC4)CC3)cc2)cc1S(=O)(=O)C(F)(F)F. The van der Waals surface area contributed by atoms with Crippen LogP contribution in [0.4, 0.5) is 33.3 Å². The van der Waals surface area contributed by atoms with Crippen molar-refractivity contribution in [3.8, 4) is 0 Å². The highest BCUT2D eigenvalue weighted by Gasteiger charge is 2.73. The zero-order valence-corrected chi connectivity index (χ0v) is 39.3. The van der Waals surface area contributed by atoms with Gasteiger partial charge in [-0.05, 0) is 124 Å². The fourth-order valence-electron chi connectivity index (χ4n) is 9.91. The Hall–Kier alpha value is -3.75. The van der Waals surface area contributed by atoms with Gasteiger partial charge >= 0.3 is 5.51 Å². The molecule has 1 heterocycles. The number of anilines is 2. The minimum absolute atomic E-state index is 0.0378. The number of aliphatic hydroxyl groups excluding tert-OH is 1. The molecule has 1 saturated heterocycles. The van der Waals surface area contributed by atoms with Crippen LogP contribution in [-0.2, 0) is 19.9 Å². The Morgan fingerprint density at radius 1 is 0.923 bits per heavy atom. The van der Waals surface area contributed by atoms with E-state index in [0.29, 0.717) is 63.7 Å². The van der Waals surface area contributed by atoms with Gasteiger partial charge in [0.2, 0.25) is 6.43 Å². The Bertz CT molecular complexity index is 2430. The van der Waals surface area contributed by atoms with Gasteiger partial charge in [0.25, 0.3) is 25.8 Å². The number of nitrogens with one attached hydrogen (secondary N) is 2. The topological polar surface area (TPSA) is 139 Å². The number of hydrogen-bond donors (Lipinski definition) is 3. The summed E-state index contributed by atoms with van der Waals surface area (Å²) in [5, 5.41) is 12.2. The fourth-order valence-corrected chi connectivity index (χ4v) is 12.9. The number of nitrogens with zero attached hydrogens (tertiary/aromatic N) is 3. The molecule has 0 aromatic heterocycles. The number of halogens is 5. The van der Waals surface area contributed by atoms with Crippen molar-refractivity contribution in [2.45, 2.75) is 91.5 Å². The first-order valence-electron chi connectivity index (χ1n) is 21.9. The van der Waals surface area contributed by atoms with E-state index >= 15 is 0 Å². The van der Waals surface area contributed by atoms with Crippen molar-refractivity contribution >= 4 is 48.9 Å². The molecule has 1 aliphatic heterocycles. The summed E-state index contributed by atoms with van der Waals surface area (Å²) in [6, 6.07) is 17.2. The fraction of sp³-hybridized carbons (Fsp3) is 0.543. The number of rotatable bonds is 19. The van der Waals surface area contributed by atoms with Gasteiger partial charge in [-0.2, -0.15) is 13.2 Å². The quantitative estimate of drug-likeness (QED) is 0.0612. The van der Waals surface area contributed by atoms with Crippen LogP contribution in [0.2, 0.25) is 0 Å². The number of aliphatic hydroxyl groups is 1. The lowest BCUT2D eigenvalue weighted by Crippen LogP contribution is -2.66. The normalized spacial score (nSPS) is 23.0. The Kier molecular flexibility index (Phi) is 14.4. The minimum Gasteiger partial charge on any atom is -0.395 e. The Balaban J connectivity index is 1.00. The number of sulfone groups is 1. The third-order valence-electron chi connectivity index (χ3n) is 13.6. The van der Waals surface area contributed by atoms with Crippen LogP contribution in [0.25, 0.3) is 0 Å². The molecule has 1 amide bonds. The molecule has 356 valence electrons. The third-order valence-corrected chi connectivity index (χ3v) is 17.7. The maximum Gasteiger partial charge on any atom is 0.501 e. The monoisotopic (exact) mass is 967 g/mol. The number of piperazine rings is 1. The van der Waals surface area contributed by atoms with E-state index in [0.717, 1.165) is 61.6 Å². The Labute approximate surface area is 383 Å². The first-order chi connectivity index (χ1) is 30.6. The summed E-state index contributed by atoms with van der Waals surface area (Å²) in [5.41, 5.74) is -3.31. The molecular weight excluding hydrogens is 910 g/mol. The summed E-state index contributed by atoms with van der Waals surface area (Å²) < 4.78 is 125. The van der Waals surface area contributed by atoms with Crippen LogP contribution in [0.1, 0.15) is 69.2 Å². The smallest absolute Gasteiger partial charge is 0.395 e. The van der Waals surface area contributed by atoms with Gasteiger partial charge in [-0.15, -0.1) is 11.8 Å². The van der Waals surface area contributed by atoms with E-state index in [2.05, 4.69) is 29.0 Å². The molecule has 3 N–H and O–H groups in total. The van der Waals surface area contributed by atoms with Gasteiger partial charge in [0.15, 0.2) is 0 Å². The zero-order chi connectivity index (χ0) is 47.0. The molecule has 1 atom stereocenters. The number of allylic oxidation sites excluding steroid dienone is 1. The number of sulfonamides is 1.